The Bertz CT molecular complexity index is 515. The Hall–Kier alpha value is -2.43. The number of allylic oxidation sites excluding steroid dienone is 1. The van der Waals surface area contributed by atoms with E-state index in [0.717, 1.165) is 0 Å². The first kappa shape index (κ1) is 12.0. The molecule has 0 aliphatic carbocycles. The topological polar surface area (TPSA) is 55.6 Å². The molecule has 2 aromatic rings. The first-order valence-electron chi connectivity index (χ1n) is 5.72. The zero-order chi connectivity index (χ0) is 12.6. The maximum absolute atomic E-state index is 3.89. The van der Waals surface area contributed by atoms with Gasteiger partial charge in [-0.05, 0) is 16.0 Å². The number of rotatable bonds is 6. The van der Waals surface area contributed by atoms with Crippen LogP contribution in [-0.4, -0.2) is 26.8 Å². The summed E-state index contributed by atoms with van der Waals surface area (Å²) in [7, 11) is 0. The molecule has 0 radical (unpaired) electrons. The summed E-state index contributed by atoms with van der Waals surface area (Å²) >= 11 is 0. The number of hydrogen-bond acceptors (Lipinski definition) is 4. The minimum atomic E-state index is 0.595. The quantitative estimate of drug-likeness (QED) is 0.786. The molecule has 18 heavy (non-hydrogen) atoms. The first-order chi connectivity index (χ1) is 8.90. The zero-order valence-electron chi connectivity index (χ0n) is 10.0. The second-order valence-corrected chi connectivity index (χ2v) is 3.67. The van der Waals surface area contributed by atoms with Crippen LogP contribution in [0.25, 0.3) is 6.08 Å². The summed E-state index contributed by atoms with van der Waals surface area (Å²) in [6, 6.07) is 10.1. The molecule has 2 rings (SSSR count). The molecule has 1 aromatic carbocycles. The lowest BCUT2D eigenvalue weighted by molar-refractivity contribution is 0.665. The van der Waals surface area contributed by atoms with Crippen molar-refractivity contribution in [1.29, 1.82) is 0 Å². The van der Waals surface area contributed by atoms with Crippen molar-refractivity contribution < 1.29 is 0 Å². The molecule has 0 aliphatic rings. The van der Waals surface area contributed by atoms with Crippen molar-refractivity contribution in [3.05, 3.63) is 54.6 Å². The molecule has 92 valence electrons. The molecule has 0 aliphatic heterocycles. The minimum Gasteiger partial charge on any atom is -0.350 e. The lowest BCUT2D eigenvalue weighted by Gasteiger charge is -2.01. The van der Waals surface area contributed by atoms with Crippen molar-refractivity contribution in [2.75, 3.05) is 11.9 Å². The van der Waals surface area contributed by atoms with E-state index in [1.165, 1.54) is 5.56 Å². The summed E-state index contributed by atoms with van der Waals surface area (Å²) in [6.45, 7) is 4.92. The van der Waals surface area contributed by atoms with Crippen LogP contribution in [0.3, 0.4) is 0 Å². The standard InChI is InChI=1S/C13H15N5/c1-2-11-18-13(15-16-17-18)14-10-6-9-12-7-4-3-5-8-12/h2-9H,1,10-11H2,(H,14,15,17)/b9-6+. The second kappa shape index (κ2) is 6.34. The number of anilines is 1. The predicted octanol–water partition coefficient (Wildman–Crippen LogP) is 1.98. The summed E-state index contributed by atoms with van der Waals surface area (Å²) in [5.41, 5.74) is 1.17. The van der Waals surface area contributed by atoms with Crippen LogP contribution in [0, 0.1) is 0 Å². The summed E-state index contributed by atoms with van der Waals surface area (Å²) in [5, 5.41) is 14.5. The number of nitrogens with zero attached hydrogens (tertiary/aromatic N) is 4. The highest BCUT2D eigenvalue weighted by Gasteiger charge is 2.00. The number of benzene rings is 1. The Labute approximate surface area is 106 Å². The van der Waals surface area contributed by atoms with Gasteiger partial charge in [0.05, 0.1) is 6.54 Å². The SMILES string of the molecule is C=CCn1nnnc1NC/C=C/c1ccccc1. The van der Waals surface area contributed by atoms with E-state index in [0.29, 0.717) is 19.0 Å². The third-order valence-corrected chi connectivity index (χ3v) is 2.32. The molecule has 5 nitrogen and oxygen atoms in total. The fourth-order valence-electron chi connectivity index (χ4n) is 1.49. The van der Waals surface area contributed by atoms with E-state index >= 15 is 0 Å². The number of aromatic nitrogens is 4. The second-order valence-electron chi connectivity index (χ2n) is 3.67. The van der Waals surface area contributed by atoms with Crippen molar-refractivity contribution in [3.8, 4) is 0 Å². The van der Waals surface area contributed by atoms with E-state index in [9.17, 15) is 0 Å². The van der Waals surface area contributed by atoms with E-state index in [-0.39, 0.29) is 0 Å². The lowest BCUT2D eigenvalue weighted by Crippen LogP contribution is -2.07. The molecule has 0 fully saturated rings. The highest BCUT2D eigenvalue weighted by Crippen LogP contribution is 2.02. The van der Waals surface area contributed by atoms with Gasteiger partial charge in [0.25, 0.3) is 0 Å². The molecule has 1 heterocycles. The maximum atomic E-state index is 3.89. The van der Waals surface area contributed by atoms with Crippen LogP contribution >= 0.6 is 0 Å². The molecule has 0 atom stereocenters. The average Bonchev–Trinajstić information content (AvgIpc) is 2.84. The van der Waals surface area contributed by atoms with Crippen molar-refractivity contribution in [2.45, 2.75) is 6.54 Å². The van der Waals surface area contributed by atoms with Gasteiger partial charge in [-0.25, -0.2) is 4.68 Å². The van der Waals surface area contributed by atoms with Crippen LogP contribution in [0.2, 0.25) is 0 Å². The van der Waals surface area contributed by atoms with Gasteiger partial charge in [0.15, 0.2) is 0 Å². The van der Waals surface area contributed by atoms with Crippen LogP contribution in [-0.2, 0) is 6.54 Å². The third-order valence-electron chi connectivity index (χ3n) is 2.32. The molecule has 0 unspecified atom stereocenters. The van der Waals surface area contributed by atoms with E-state index in [1.807, 2.05) is 24.3 Å². The van der Waals surface area contributed by atoms with Crippen LogP contribution in [0.5, 0.6) is 0 Å². The van der Waals surface area contributed by atoms with Crippen molar-refractivity contribution in [3.63, 3.8) is 0 Å². The van der Waals surface area contributed by atoms with E-state index in [4.69, 9.17) is 0 Å². The highest BCUT2D eigenvalue weighted by molar-refractivity contribution is 5.49. The number of hydrogen-bond donors (Lipinski definition) is 1. The monoisotopic (exact) mass is 241 g/mol. The van der Waals surface area contributed by atoms with Gasteiger partial charge in [0, 0.05) is 6.54 Å². The molecule has 0 bridgehead atoms. The molecule has 0 saturated carbocycles. The van der Waals surface area contributed by atoms with Gasteiger partial charge < -0.3 is 5.32 Å². The Kier molecular flexibility index (Phi) is 4.24. The lowest BCUT2D eigenvalue weighted by atomic mass is 10.2. The molecular weight excluding hydrogens is 226 g/mol. The fraction of sp³-hybridized carbons (Fsp3) is 0.154. The summed E-state index contributed by atoms with van der Waals surface area (Å²) < 4.78 is 1.66. The van der Waals surface area contributed by atoms with Crippen molar-refractivity contribution >= 4 is 12.0 Å². The van der Waals surface area contributed by atoms with Crippen LogP contribution < -0.4 is 5.32 Å². The smallest absolute Gasteiger partial charge is 0.243 e. The Morgan fingerprint density at radius 1 is 1.28 bits per heavy atom. The largest absolute Gasteiger partial charge is 0.350 e. The minimum absolute atomic E-state index is 0.595. The first-order valence-corrected chi connectivity index (χ1v) is 5.72. The Balaban J connectivity index is 1.86. The summed E-state index contributed by atoms with van der Waals surface area (Å²) in [5.74, 6) is 0.646. The van der Waals surface area contributed by atoms with E-state index in [1.54, 1.807) is 10.8 Å². The summed E-state index contributed by atoms with van der Waals surface area (Å²) in [6.07, 6.45) is 5.83. The normalized spacial score (nSPS) is 10.7. The fourth-order valence-corrected chi connectivity index (χ4v) is 1.49. The Morgan fingerprint density at radius 2 is 2.11 bits per heavy atom. The summed E-state index contributed by atoms with van der Waals surface area (Å²) in [4.78, 5) is 0. The molecule has 0 spiro atoms. The van der Waals surface area contributed by atoms with Gasteiger partial charge in [-0.1, -0.05) is 53.7 Å². The van der Waals surface area contributed by atoms with Gasteiger partial charge in [0.2, 0.25) is 5.95 Å². The molecular formula is C13H15N5. The molecule has 0 saturated heterocycles. The van der Waals surface area contributed by atoms with E-state index in [2.05, 4.69) is 45.6 Å². The number of tetrazole rings is 1. The average molecular weight is 241 g/mol. The maximum Gasteiger partial charge on any atom is 0.243 e. The van der Waals surface area contributed by atoms with Crippen LogP contribution in [0.1, 0.15) is 5.56 Å². The van der Waals surface area contributed by atoms with Gasteiger partial charge in [-0.2, -0.15) is 0 Å². The molecule has 5 heteroatoms. The van der Waals surface area contributed by atoms with Crippen LogP contribution in [0.4, 0.5) is 5.95 Å². The van der Waals surface area contributed by atoms with Crippen molar-refractivity contribution in [1.82, 2.24) is 20.2 Å². The van der Waals surface area contributed by atoms with E-state index < -0.39 is 0 Å². The predicted molar refractivity (Wildman–Crippen MR) is 72.0 cm³/mol. The zero-order valence-corrected chi connectivity index (χ0v) is 10.0. The third kappa shape index (κ3) is 3.28. The van der Waals surface area contributed by atoms with Gasteiger partial charge in [-0.15, -0.1) is 6.58 Å². The van der Waals surface area contributed by atoms with Gasteiger partial charge in [-0.3, -0.25) is 0 Å². The molecule has 1 aromatic heterocycles. The molecule has 0 amide bonds. The van der Waals surface area contributed by atoms with Gasteiger partial charge >= 0.3 is 0 Å². The van der Waals surface area contributed by atoms with Crippen LogP contribution in [0.15, 0.2) is 49.1 Å². The number of nitrogens with one attached hydrogen (secondary N) is 1. The Morgan fingerprint density at radius 3 is 2.89 bits per heavy atom. The highest BCUT2D eigenvalue weighted by atomic mass is 15.6. The molecule has 1 N–H and O–H groups in total. The van der Waals surface area contributed by atoms with Crippen molar-refractivity contribution in [2.24, 2.45) is 0 Å². The van der Waals surface area contributed by atoms with Gasteiger partial charge in [0.1, 0.15) is 0 Å².